The Morgan fingerprint density at radius 1 is 1.67 bits per heavy atom. The van der Waals surface area contributed by atoms with Gasteiger partial charge in [0.05, 0.1) is 5.69 Å². The minimum Gasteiger partial charge on any atom is -0.388 e. The lowest BCUT2D eigenvalue weighted by Crippen LogP contribution is -2.11. The van der Waals surface area contributed by atoms with Crippen LogP contribution in [0.3, 0.4) is 0 Å². The van der Waals surface area contributed by atoms with Gasteiger partial charge in [-0.05, 0) is 18.6 Å². The summed E-state index contributed by atoms with van der Waals surface area (Å²) in [7, 11) is 0. The smallest absolute Gasteiger partial charge is 0.204 e. The molecule has 1 rings (SSSR count). The first-order chi connectivity index (χ1) is 5.79. The van der Waals surface area contributed by atoms with E-state index in [-0.39, 0.29) is 5.78 Å². The molecule has 3 heteroatoms. The molecule has 66 valence electrons. The van der Waals surface area contributed by atoms with Crippen LogP contribution in [0.25, 0.3) is 0 Å². The Bertz CT molecular complexity index is 265. The van der Waals surface area contributed by atoms with Crippen LogP contribution >= 0.6 is 0 Å². The van der Waals surface area contributed by atoms with Gasteiger partial charge in [-0.25, -0.2) is 0 Å². The van der Waals surface area contributed by atoms with Gasteiger partial charge in [0.15, 0.2) is 0 Å². The SMILES string of the molecule is CCCn1cccc1C(=O)CO. The van der Waals surface area contributed by atoms with E-state index in [4.69, 9.17) is 5.11 Å². The molecule has 1 aromatic rings. The fourth-order valence-corrected chi connectivity index (χ4v) is 1.18. The summed E-state index contributed by atoms with van der Waals surface area (Å²) < 4.78 is 1.86. The van der Waals surface area contributed by atoms with Crippen LogP contribution in [0.2, 0.25) is 0 Å². The van der Waals surface area contributed by atoms with Crippen LogP contribution in [0.15, 0.2) is 18.3 Å². The minimum atomic E-state index is -0.409. The van der Waals surface area contributed by atoms with E-state index >= 15 is 0 Å². The first kappa shape index (κ1) is 9.00. The Labute approximate surface area is 71.6 Å². The second kappa shape index (κ2) is 4.07. The third-order valence-electron chi connectivity index (χ3n) is 1.72. The van der Waals surface area contributed by atoms with Crippen molar-refractivity contribution >= 4 is 5.78 Å². The second-order valence-electron chi connectivity index (χ2n) is 2.67. The standard InChI is InChI=1S/C9H13NO2/c1-2-5-10-6-3-4-8(10)9(12)7-11/h3-4,6,11H,2,5,7H2,1H3. The zero-order chi connectivity index (χ0) is 8.97. The van der Waals surface area contributed by atoms with Crippen molar-refractivity contribution in [2.75, 3.05) is 6.61 Å². The predicted molar refractivity (Wildman–Crippen MR) is 46.1 cm³/mol. The Morgan fingerprint density at radius 2 is 2.42 bits per heavy atom. The third kappa shape index (κ3) is 1.74. The van der Waals surface area contributed by atoms with Crippen molar-refractivity contribution < 1.29 is 9.90 Å². The number of Topliss-reactive ketones (excluding diaryl/α,β-unsaturated/α-hetero) is 1. The molecule has 3 nitrogen and oxygen atoms in total. The number of aromatic nitrogens is 1. The van der Waals surface area contributed by atoms with Gasteiger partial charge in [-0.1, -0.05) is 6.92 Å². The van der Waals surface area contributed by atoms with Crippen LogP contribution in [-0.2, 0) is 6.54 Å². The molecule has 1 N–H and O–H groups in total. The highest BCUT2D eigenvalue weighted by molar-refractivity contribution is 5.95. The Morgan fingerprint density at radius 3 is 3.00 bits per heavy atom. The number of aliphatic hydroxyl groups is 1. The van der Waals surface area contributed by atoms with Gasteiger partial charge in [0.2, 0.25) is 5.78 Å². The molecule has 0 fully saturated rings. The van der Waals surface area contributed by atoms with Crippen LogP contribution < -0.4 is 0 Å². The highest BCUT2D eigenvalue weighted by atomic mass is 16.3. The van der Waals surface area contributed by atoms with Gasteiger partial charge in [0.25, 0.3) is 0 Å². The summed E-state index contributed by atoms with van der Waals surface area (Å²) in [5, 5.41) is 8.64. The quantitative estimate of drug-likeness (QED) is 0.681. The van der Waals surface area contributed by atoms with Crippen molar-refractivity contribution in [3.05, 3.63) is 24.0 Å². The Kier molecular flexibility index (Phi) is 3.05. The molecule has 12 heavy (non-hydrogen) atoms. The molecule has 0 amide bonds. The molecule has 0 radical (unpaired) electrons. The van der Waals surface area contributed by atoms with E-state index in [0.29, 0.717) is 5.69 Å². The largest absolute Gasteiger partial charge is 0.388 e. The van der Waals surface area contributed by atoms with Crippen LogP contribution in [0, 0.1) is 0 Å². The van der Waals surface area contributed by atoms with Crippen LogP contribution in [0.4, 0.5) is 0 Å². The molecular formula is C9H13NO2. The molecule has 0 atom stereocenters. The number of ketones is 1. The van der Waals surface area contributed by atoms with E-state index in [2.05, 4.69) is 0 Å². The number of hydrogen-bond acceptors (Lipinski definition) is 2. The number of rotatable bonds is 4. The third-order valence-corrected chi connectivity index (χ3v) is 1.72. The van der Waals surface area contributed by atoms with Gasteiger partial charge < -0.3 is 9.67 Å². The van der Waals surface area contributed by atoms with E-state index in [1.807, 2.05) is 23.8 Å². The zero-order valence-electron chi connectivity index (χ0n) is 7.16. The highest BCUT2D eigenvalue weighted by Crippen LogP contribution is 2.03. The lowest BCUT2D eigenvalue weighted by molar-refractivity contribution is 0.0894. The molecule has 0 aliphatic rings. The summed E-state index contributed by atoms with van der Waals surface area (Å²) in [5.74, 6) is -0.214. The van der Waals surface area contributed by atoms with Gasteiger partial charge in [-0.2, -0.15) is 0 Å². The number of hydrogen-bond donors (Lipinski definition) is 1. The summed E-state index contributed by atoms with van der Waals surface area (Å²) in [6.45, 7) is 2.47. The first-order valence-electron chi connectivity index (χ1n) is 4.08. The summed E-state index contributed by atoms with van der Waals surface area (Å²) in [5.41, 5.74) is 0.597. The normalized spacial score (nSPS) is 10.2. The molecule has 0 spiro atoms. The van der Waals surface area contributed by atoms with Gasteiger partial charge in [0, 0.05) is 12.7 Å². The van der Waals surface area contributed by atoms with Gasteiger partial charge >= 0.3 is 0 Å². The first-order valence-corrected chi connectivity index (χ1v) is 4.08. The molecule has 0 aliphatic carbocycles. The lowest BCUT2D eigenvalue weighted by Gasteiger charge is -2.04. The monoisotopic (exact) mass is 167 g/mol. The predicted octanol–water partition coefficient (Wildman–Crippen LogP) is 1.07. The molecule has 0 aliphatic heterocycles. The maximum absolute atomic E-state index is 11.1. The molecule has 0 bridgehead atoms. The lowest BCUT2D eigenvalue weighted by atomic mass is 10.3. The maximum atomic E-state index is 11.1. The highest BCUT2D eigenvalue weighted by Gasteiger charge is 2.07. The summed E-state index contributed by atoms with van der Waals surface area (Å²) in [6.07, 6.45) is 2.84. The van der Waals surface area contributed by atoms with Crippen LogP contribution in [0.5, 0.6) is 0 Å². The number of aryl methyl sites for hydroxylation is 1. The van der Waals surface area contributed by atoms with Gasteiger partial charge in [-0.3, -0.25) is 4.79 Å². The second-order valence-corrected chi connectivity index (χ2v) is 2.67. The average molecular weight is 167 g/mol. The molecule has 1 heterocycles. The van der Waals surface area contributed by atoms with Crippen molar-refractivity contribution in [3.8, 4) is 0 Å². The van der Waals surface area contributed by atoms with Crippen molar-refractivity contribution in [3.63, 3.8) is 0 Å². The number of carbonyl (C=O) groups is 1. The van der Waals surface area contributed by atoms with Gasteiger partial charge in [0.1, 0.15) is 6.61 Å². The average Bonchev–Trinajstić information content (AvgIpc) is 2.52. The molecule has 0 aromatic carbocycles. The molecule has 0 saturated carbocycles. The zero-order valence-corrected chi connectivity index (χ0v) is 7.16. The van der Waals surface area contributed by atoms with Crippen LogP contribution in [0.1, 0.15) is 23.8 Å². The number of nitrogens with zero attached hydrogens (tertiary/aromatic N) is 1. The topological polar surface area (TPSA) is 42.2 Å². The van der Waals surface area contributed by atoms with Crippen LogP contribution in [-0.4, -0.2) is 22.1 Å². The van der Waals surface area contributed by atoms with Crippen molar-refractivity contribution in [1.29, 1.82) is 0 Å². The Balaban J connectivity index is 2.83. The summed E-state index contributed by atoms with van der Waals surface area (Å²) in [6, 6.07) is 3.55. The fourth-order valence-electron chi connectivity index (χ4n) is 1.18. The maximum Gasteiger partial charge on any atom is 0.204 e. The molecule has 1 aromatic heterocycles. The fraction of sp³-hybridized carbons (Fsp3) is 0.444. The molecular weight excluding hydrogens is 154 g/mol. The van der Waals surface area contributed by atoms with Crippen molar-refractivity contribution in [1.82, 2.24) is 4.57 Å². The number of aliphatic hydroxyl groups excluding tert-OH is 1. The minimum absolute atomic E-state index is 0.214. The van der Waals surface area contributed by atoms with E-state index < -0.39 is 6.61 Å². The molecule has 0 unspecified atom stereocenters. The number of carbonyl (C=O) groups excluding carboxylic acids is 1. The van der Waals surface area contributed by atoms with Crippen molar-refractivity contribution in [2.45, 2.75) is 19.9 Å². The van der Waals surface area contributed by atoms with E-state index in [9.17, 15) is 4.79 Å². The Hall–Kier alpha value is -1.09. The van der Waals surface area contributed by atoms with Crippen molar-refractivity contribution in [2.24, 2.45) is 0 Å². The summed E-state index contributed by atoms with van der Waals surface area (Å²) in [4.78, 5) is 11.1. The van der Waals surface area contributed by atoms with E-state index in [1.165, 1.54) is 0 Å². The summed E-state index contributed by atoms with van der Waals surface area (Å²) >= 11 is 0. The van der Waals surface area contributed by atoms with E-state index in [1.54, 1.807) is 6.07 Å². The molecule has 0 saturated heterocycles. The van der Waals surface area contributed by atoms with Gasteiger partial charge in [-0.15, -0.1) is 0 Å². The van der Waals surface area contributed by atoms with E-state index in [0.717, 1.165) is 13.0 Å².